The van der Waals surface area contributed by atoms with E-state index in [1.54, 1.807) is 6.21 Å². The maximum atomic E-state index is 11.6. The zero-order chi connectivity index (χ0) is 12.7. The molecule has 96 valence electrons. The predicted molar refractivity (Wildman–Crippen MR) is 75.0 cm³/mol. The molecule has 1 aliphatic rings. The van der Waals surface area contributed by atoms with E-state index >= 15 is 0 Å². The second-order valence-electron chi connectivity index (χ2n) is 4.57. The molecule has 1 aliphatic heterocycles. The van der Waals surface area contributed by atoms with Gasteiger partial charge in [-0.15, -0.1) is 0 Å². The normalized spacial score (nSPS) is 15.6. The quantitative estimate of drug-likeness (QED) is 0.819. The summed E-state index contributed by atoms with van der Waals surface area (Å²) in [5.74, 6) is 1.30. The fraction of sp³-hybridized carbons (Fsp3) is 0.750. The first kappa shape index (κ1) is 14.2. The van der Waals surface area contributed by atoms with Gasteiger partial charge in [-0.3, -0.25) is 15.1 Å². The van der Waals surface area contributed by atoms with Crippen molar-refractivity contribution in [3.63, 3.8) is 0 Å². The molecule has 0 fully saturated rings. The molecule has 0 unspecified atom stereocenters. The summed E-state index contributed by atoms with van der Waals surface area (Å²) in [6.45, 7) is 7.28. The molecule has 0 aromatic rings. The lowest BCUT2D eigenvalue weighted by atomic mass is 10.1. The smallest absolute Gasteiger partial charge is 0.227 e. The van der Waals surface area contributed by atoms with Crippen molar-refractivity contribution in [2.24, 2.45) is 9.98 Å². The largest absolute Gasteiger partial charge is 0.295 e. The van der Waals surface area contributed by atoms with Gasteiger partial charge in [0, 0.05) is 36.1 Å². The van der Waals surface area contributed by atoms with E-state index in [2.05, 4.69) is 36.1 Å². The number of hydrogen-bond acceptors (Lipinski definition) is 4. The van der Waals surface area contributed by atoms with Crippen LogP contribution in [-0.2, 0) is 4.79 Å². The molecule has 0 aromatic carbocycles. The van der Waals surface area contributed by atoms with Gasteiger partial charge in [0.1, 0.15) is 0 Å². The van der Waals surface area contributed by atoms with Gasteiger partial charge in [0.25, 0.3) is 0 Å². The van der Waals surface area contributed by atoms with Crippen LogP contribution in [0.1, 0.15) is 40.0 Å². The fourth-order valence-electron chi connectivity index (χ4n) is 1.20. The molecule has 0 radical (unpaired) electrons. The van der Waals surface area contributed by atoms with Crippen molar-refractivity contribution >= 4 is 29.8 Å². The van der Waals surface area contributed by atoms with Crippen molar-refractivity contribution in [1.82, 2.24) is 5.32 Å². The number of carbonyl (C=O) groups is 1. The Hall–Kier alpha value is -0.840. The Kier molecular flexibility index (Phi) is 5.68. The van der Waals surface area contributed by atoms with Crippen LogP contribution >= 0.6 is 11.8 Å². The molecule has 0 spiro atoms. The first-order chi connectivity index (χ1) is 8.03. The number of nitrogens with zero attached hydrogens (tertiary/aromatic N) is 2. The van der Waals surface area contributed by atoms with Crippen LogP contribution in [0.2, 0.25) is 0 Å². The number of amides is 1. The molecule has 1 amide bonds. The first-order valence-electron chi connectivity index (χ1n) is 6.04. The lowest BCUT2D eigenvalue weighted by molar-refractivity contribution is -0.119. The number of nitrogens with one attached hydrogen (secondary N) is 1. The molecular weight excluding hydrogens is 234 g/mol. The van der Waals surface area contributed by atoms with E-state index in [1.165, 1.54) is 0 Å². The van der Waals surface area contributed by atoms with Crippen LogP contribution in [-0.4, -0.2) is 35.1 Å². The standard InChI is InChI=1S/C12H21N3OS/c1-4-12(2,3)17-9-6-10(16)15-11-13-7-5-8-14-11/h7H,4-6,8-9H2,1-3H3,(H,14,15,16). The Labute approximate surface area is 107 Å². The molecule has 1 N–H and O–H groups in total. The summed E-state index contributed by atoms with van der Waals surface area (Å²) in [6.07, 6.45) is 4.27. The summed E-state index contributed by atoms with van der Waals surface area (Å²) >= 11 is 1.83. The Bertz CT molecular complexity index is 324. The summed E-state index contributed by atoms with van der Waals surface area (Å²) in [4.78, 5) is 19.8. The summed E-state index contributed by atoms with van der Waals surface area (Å²) in [5, 5.41) is 2.72. The van der Waals surface area contributed by atoms with Gasteiger partial charge >= 0.3 is 0 Å². The SMILES string of the molecule is CCC(C)(C)SCCC(=O)NC1=NCCC=N1. The fourth-order valence-corrected chi connectivity index (χ4v) is 2.25. The van der Waals surface area contributed by atoms with Crippen LogP contribution in [0.4, 0.5) is 0 Å². The topological polar surface area (TPSA) is 53.8 Å². The van der Waals surface area contributed by atoms with Crippen molar-refractivity contribution < 1.29 is 4.79 Å². The molecule has 1 heterocycles. The van der Waals surface area contributed by atoms with Crippen LogP contribution in [0, 0.1) is 0 Å². The Morgan fingerprint density at radius 3 is 2.94 bits per heavy atom. The first-order valence-corrected chi connectivity index (χ1v) is 7.03. The maximum Gasteiger partial charge on any atom is 0.227 e. The minimum absolute atomic E-state index is 0.00204. The van der Waals surface area contributed by atoms with Gasteiger partial charge in [0.2, 0.25) is 11.9 Å². The van der Waals surface area contributed by atoms with E-state index in [-0.39, 0.29) is 10.7 Å². The molecular formula is C12H21N3OS. The van der Waals surface area contributed by atoms with Crippen molar-refractivity contribution in [3.05, 3.63) is 0 Å². The van der Waals surface area contributed by atoms with Gasteiger partial charge in [-0.25, -0.2) is 4.99 Å². The molecule has 0 saturated carbocycles. The lowest BCUT2D eigenvalue weighted by Gasteiger charge is -2.21. The average Bonchev–Trinajstić information content (AvgIpc) is 2.30. The van der Waals surface area contributed by atoms with E-state index in [4.69, 9.17) is 0 Å². The Morgan fingerprint density at radius 1 is 1.59 bits per heavy atom. The maximum absolute atomic E-state index is 11.6. The van der Waals surface area contributed by atoms with Crippen molar-refractivity contribution in [1.29, 1.82) is 0 Å². The number of thioether (sulfide) groups is 1. The van der Waals surface area contributed by atoms with Gasteiger partial charge in [-0.2, -0.15) is 11.8 Å². The summed E-state index contributed by atoms with van der Waals surface area (Å²) < 4.78 is 0.251. The van der Waals surface area contributed by atoms with Crippen molar-refractivity contribution in [2.45, 2.75) is 44.8 Å². The van der Waals surface area contributed by atoms with E-state index in [0.29, 0.717) is 12.4 Å². The number of aliphatic imine (C=N–C) groups is 2. The molecule has 0 saturated heterocycles. The third-order valence-electron chi connectivity index (χ3n) is 2.66. The highest BCUT2D eigenvalue weighted by molar-refractivity contribution is 8.00. The molecule has 17 heavy (non-hydrogen) atoms. The predicted octanol–water partition coefficient (Wildman–Crippen LogP) is 2.25. The van der Waals surface area contributed by atoms with Crippen LogP contribution in [0.3, 0.4) is 0 Å². The third kappa shape index (κ3) is 5.86. The van der Waals surface area contributed by atoms with Crippen LogP contribution in [0.25, 0.3) is 0 Å². The number of hydrogen-bond donors (Lipinski definition) is 1. The number of carbonyl (C=O) groups excluding carboxylic acids is 1. The Morgan fingerprint density at radius 2 is 2.35 bits per heavy atom. The van der Waals surface area contributed by atoms with Crippen LogP contribution in [0.5, 0.6) is 0 Å². The van der Waals surface area contributed by atoms with Gasteiger partial charge in [0.05, 0.1) is 0 Å². The van der Waals surface area contributed by atoms with Crippen LogP contribution < -0.4 is 5.32 Å². The van der Waals surface area contributed by atoms with E-state index in [9.17, 15) is 4.79 Å². The highest BCUT2D eigenvalue weighted by Gasteiger charge is 2.16. The second-order valence-corrected chi connectivity index (χ2v) is 6.37. The molecule has 0 atom stereocenters. The summed E-state index contributed by atoms with van der Waals surface area (Å²) in [7, 11) is 0. The molecule has 0 aromatic heterocycles. The van der Waals surface area contributed by atoms with Gasteiger partial charge in [-0.05, 0) is 6.42 Å². The molecule has 5 heteroatoms. The minimum Gasteiger partial charge on any atom is -0.295 e. The average molecular weight is 255 g/mol. The van der Waals surface area contributed by atoms with E-state index in [0.717, 1.165) is 25.1 Å². The van der Waals surface area contributed by atoms with Crippen molar-refractivity contribution in [2.75, 3.05) is 12.3 Å². The summed E-state index contributed by atoms with van der Waals surface area (Å²) in [5.41, 5.74) is 0. The number of guanidine groups is 1. The third-order valence-corrected chi connectivity index (χ3v) is 4.14. The second kappa shape index (κ2) is 6.79. The summed E-state index contributed by atoms with van der Waals surface area (Å²) in [6, 6.07) is 0. The zero-order valence-electron chi connectivity index (χ0n) is 10.8. The lowest BCUT2D eigenvalue weighted by Crippen LogP contribution is -2.31. The molecule has 4 nitrogen and oxygen atoms in total. The Balaban J connectivity index is 2.22. The number of rotatable bonds is 5. The van der Waals surface area contributed by atoms with Crippen LogP contribution in [0.15, 0.2) is 9.98 Å². The molecule has 1 rings (SSSR count). The molecule has 0 bridgehead atoms. The van der Waals surface area contributed by atoms with Crippen molar-refractivity contribution in [3.8, 4) is 0 Å². The highest BCUT2D eigenvalue weighted by atomic mass is 32.2. The highest BCUT2D eigenvalue weighted by Crippen LogP contribution is 2.27. The van der Waals surface area contributed by atoms with Gasteiger partial charge in [0.15, 0.2) is 0 Å². The minimum atomic E-state index is 0.00204. The van der Waals surface area contributed by atoms with E-state index in [1.807, 2.05) is 11.8 Å². The molecule has 0 aliphatic carbocycles. The monoisotopic (exact) mass is 255 g/mol. The van der Waals surface area contributed by atoms with Gasteiger partial charge < -0.3 is 0 Å². The zero-order valence-corrected chi connectivity index (χ0v) is 11.6. The van der Waals surface area contributed by atoms with Gasteiger partial charge in [-0.1, -0.05) is 20.8 Å². The van der Waals surface area contributed by atoms with E-state index < -0.39 is 0 Å².